The highest BCUT2D eigenvalue weighted by Crippen LogP contribution is 2.24. The van der Waals surface area contributed by atoms with Gasteiger partial charge in [0.2, 0.25) is 0 Å². The Labute approximate surface area is 136 Å². The topological polar surface area (TPSA) is 46.6 Å². The minimum Gasteiger partial charge on any atom is -0.385 e. The number of methoxy groups -OCH3 is 1. The number of benzene rings is 1. The van der Waals surface area contributed by atoms with Crippen LogP contribution in [-0.2, 0) is 21.1 Å². The summed E-state index contributed by atoms with van der Waals surface area (Å²) in [6.45, 7) is 1.86. The third-order valence-corrected chi connectivity index (χ3v) is 6.01. The van der Waals surface area contributed by atoms with E-state index in [2.05, 4.69) is 4.90 Å². The summed E-state index contributed by atoms with van der Waals surface area (Å²) in [7, 11) is -1.31. The van der Waals surface area contributed by atoms with Crippen LogP contribution in [0.4, 0.5) is 4.39 Å². The predicted molar refractivity (Wildman–Crippen MR) is 85.4 cm³/mol. The maximum absolute atomic E-state index is 13.1. The molecule has 0 aromatic heterocycles. The smallest absolute Gasteiger partial charge is 0.151 e. The highest BCUT2D eigenvalue weighted by molar-refractivity contribution is 7.91. The van der Waals surface area contributed by atoms with Gasteiger partial charge >= 0.3 is 0 Å². The van der Waals surface area contributed by atoms with Crippen LogP contribution >= 0.6 is 11.6 Å². The Kier molecular flexibility index (Phi) is 6.20. The van der Waals surface area contributed by atoms with Crippen molar-refractivity contribution in [3.8, 4) is 0 Å². The molecule has 1 unspecified atom stereocenters. The summed E-state index contributed by atoms with van der Waals surface area (Å²) in [6.07, 6.45) is 1.44. The van der Waals surface area contributed by atoms with Crippen molar-refractivity contribution in [2.45, 2.75) is 25.4 Å². The van der Waals surface area contributed by atoms with Crippen molar-refractivity contribution in [1.29, 1.82) is 0 Å². The summed E-state index contributed by atoms with van der Waals surface area (Å²) in [5, 5.41) is 0.373. The molecule has 0 N–H and O–H groups in total. The Bertz CT molecular complexity index is 609. The largest absolute Gasteiger partial charge is 0.385 e. The number of nitrogens with zero attached hydrogens (tertiary/aromatic N) is 1. The van der Waals surface area contributed by atoms with Gasteiger partial charge in [-0.3, -0.25) is 4.90 Å². The minimum absolute atomic E-state index is 0.0111. The third kappa shape index (κ3) is 4.91. The second kappa shape index (κ2) is 7.73. The summed E-state index contributed by atoms with van der Waals surface area (Å²) < 4.78 is 41.6. The van der Waals surface area contributed by atoms with Crippen molar-refractivity contribution in [2.24, 2.45) is 0 Å². The molecule has 0 saturated carbocycles. The lowest BCUT2D eigenvalue weighted by Gasteiger charge is -2.28. The molecule has 1 saturated heterocycles. The molecule has 124 valence electrons. The van der Waals surface area contributed by atoms with Crippen LogP contribution in [0.5, 0.6) is 0 Å². The third-order valence-electron chi connectivity index (χ3n) is 3.91. The lowest BCUT2D eigenvalue weighted by atomic mass is 10.1. The lowest BCUT2D eigenvalue weighted by molar-refractivity contribution is 0.150. The van der Waals surface area contributed by atoms with Crippen molar-refractivity contribution in [3.05, 3.63) is 34.6 Å². The molecule has 4 nitrogen and oxygen atoms in total. The Morgan fingerprint density at radius 2 is 2.23 bits per heavy atom. The van der Waals surface area contributed by atoms with E-state index in [1.165, 1.54) is 12.1 Å². The van der Waals surface area contributed by atoms with Gasteiger partial charge in [0, 0.05) is 37.9 Å². The molecule has 0 radical (unpaired) electrons. The first-order chi connectivity index (χ1) is 10.4. The monoisotopic (exact) mass is 349 g/mol. The fraction of sp³-hybridized carbons (Fsp3) is 0.600. The second-order valence-corrected chi connectivity index (χ2v) is 8.25. The highest BCUT2D eigenvalue weighted by Gasteiger charge is 2.32. The number of ether oxygens (including phenoxy) is 1. The van der Waals surface area contributed by atoms with E-state index in [4.69, 9.17) is 16.3 Å². The molecule has 0 amide bonds. The summed E-state index contributed by atoms with van der Waals surface area (Å²) in [4.78, 5) is 2.11. The first-order valence-electron chi connectivity index (χ1n) is 7.28. The molecule has 2 rings (SSSR count). The van der Waals surface area contributed by atoms with Crippen molar-refractivity contribution < 1.29 is 17.5 Å². The Morgan fingerprint density at radius 3 is 2.82 bits per heavy atom. The van der Waals surface area contributed by atoms with E-state index in [0.717, 1.165) is 18.5 Å². The zero-order valence-electron chi connectivity index (χ0n) is 12.6. The Hall–Kier alpha value is -0.690. The van der Waals surface area contributed by atoms with Gasteiger partial charge in [-0.2, -0.15) is 0 Å². The molecule has 0 bridgehead atoms. The van der Waals surface area contributed by atoms with E-state index in [0.29, 0.717) is 24.6 Å². The molecule has 1 aliphatic rings. The van der Waals surface area contributed by atoms with E-state index >= 15 is 0 Å². The summed E-state index contributed by atoms with van der Waals surface area (Å²) in [5.41, 5.74) is 0.810. The van der Waals surface area contributed by atoms with Gasteiger partial charge in [-0.15, -0.1) is 0 Å². The quantitative estimate of drug-likeness (QED) is 0.710. The fourth-order valence-corrected chi connectivity index (χ4v) is 4.72. The van der Waals surface area contributed by atoms with E-state index in [1.807, 2.05) is 0 Å². The normalized spacial score (nSPS) is 20.6. The molecule has 1 aromatic carbocycles. The zero-order valence-corrected chi connectivity index (χ0v) is 14.2. The molecule has 22 heavy (non-hydrogen) atoms. The molecule has 1 heterocycles. The molecule has 1 aliphatic heterocycles. The van der Waals surface area contributed by atoms with E-state index in [-0.39, 0.29) is 23.4 Å². The molecular weight excluding hydrogens is 329 g/mol. The van der Waals surface area contributed by atoms with E-state index in [9.17, 15) is 12.8 Å². The SMILES string of the molecule is COCCCN(Cc1ccc(F)cc1Cl)C1CCS(=O)(=O)C1. The molecular formula is C15H21ClFNO3S. The van der Waals surface area contributed by atoms with Gasteiger partial charge in [0.1, 0.15) is 5.82 Å². The van der Waals surface area contributed by atoms with Crippen LogP contribution < -0.4 is 0 Å². The van der Waals surface area contributed by atoms with Crippen molar-refractivity contribution in [2.75, 3.05) is 31.8 Å². The van der Waals surface area contributed by atoms with Crippen LogP contribution in [0.15, 0.2) is 18.2 Å². The van der Waals surface area contributed by atoms with Crippen LogP contribution in [0.25, 0.3) is 0 Å². The number of rotatable bonds is 7. The van der Waals surface area contributed by atoms with Gasteiger partial charge in [0.15, 0.2) is 9.84 Å². The van der Waals surface area contributed by atoms with Crippen molar-refractivity contribution in [3.63, 3.8) is 0 Å². The van der Waals surface area contributed by atoms with Gasteiger partial charge in [0.05, 0.1) is 11.5 Å². The van der Waals surface area contributed by atoms with Crippen LogP contribution in [0.1, 0.15) is 18.4 Å². The van der Waals surface area contributed by atoms with Gasteiger partial charge < -0.3 is 4.74 Å². The average molecular weight is 350 g/mol. The minimum atomic E-state index is -2.95. The predicted octanol–water partition coefficient (Wildman–Crippen LogP) is 2.50. The van der Waals surface area contributed by atoms with Gasteiger partial charge in [0.25, 0.3) is 0 Å². The second-order valence-electron chi connectivity index (χ2n) is 5.61. The first-order valence-corrected chi connectivity index (χ1v) is 9.48. The maximum atomic E-state index is 13.1. The molecule has 0 spiro atoms. The Morgan fingerprint density at radius 1 is 1.45 bits per heavy atom. The zero-order chi connectivity index (χ0) is 16.2. The maximum Gasteiger partial charge on any atom is 0.151 e. The van der Waals surface area contributed by atoms with Gasteiger partial charge in [-0.05, 0) is 30.5 Å². The summed E-state index contributed by atoms with van der Waals surface area (Å²) in [5.74, 6) is 0.0390. The summed E-state index contributed by atoms with van der Waals surface area (Å²) in [6, 6.07) is 4.31. The molecule has 1 aromatic rings. The number of halogens is 2. The van der Waals surface area contributed by atoms with E-state index in [1.54, 1.807) is 13.2 Å². The molecule has 0 aliphatic carbocycles. The van der Waals surface area contributed by atoms with Crippen molar-refractivity contribution >= 4 is 21.4 Å². The molecule has 1 fully saturated rings. The first kappa shape index (κ1) is 17.7. The lowest BCUT2D eigenvalue weighted by Crippen LogP contribution is -2.37. The van der Waals surface area contributed by atoms with Crippen LogP contribution in [0.2, 0.25) is 5.02 Å². The van der Waals surface area contributed by atoms with Crippen LogP contribution in [-0.4, -0.2) is 51.1 Å². The highest BCUT2D eigenvalue weighted by atomic mass is 35.5. The van der Waals surface area contributed by atoms with Gasteiger partial charge in [-0.1, -0.05) is 17.7 Å². The fourth-order valence-electron chi connectivity index (χ4n) is 2.73. The number of hydrogen-bond donors (Lipinski definition) is 0. The summed E-state index contributed by atoms with van der Waals surface area (Å²) >= 11 is 6.09. The van der Waals surface area contributed by atoms with E-state index < -0.39 is 9.84 Å². The number of sulfone groups is 1. The molecule has 7 heteroatoms. The van der Waals surface area contributed by atoms with Crippen molar-refractivity contribution in [1.82, 2.24) is 4.90 Å². The standard InChI is InChI=1S/C15H21ClFNO3S/c1-21-7-2-6-18(14-5-8-22(19,20)11-14)10-12-3-4-13(17)9-15(12)16/h3-4,9,14H,2,5-8,10-11H2,1H3. The average Bonchev–Trinajstić information content (AvgIpc) is 2.80. The Balaban J connectivity index is 2.10. The van der Waals surface area contributed by atoms with Crippen LogP contribution in [0.3, 0.4) is 0 Å². The van der Waals surface area contributed by atoms with Crippen LogP contribution in [0, 0.1) is 5.82 Å². The van der Waals surface area contributed by atoms with Gasteiger partial charge in [-0.25, -0.2) is 12.8 Å². The molecule has 1 atom stereocenters. The number of hydrogen-bond acceptors (Lipinski definition) is 4.